The average Bonchev–Trinajstić information content (AvgIpc) is 3.30. The number of hydrogen-bond donors (Lipinski definition) is 1. The largest absolute Gasteiger partial charge is 0.347 e. The number of benzene rings is 2. The Kier molecular flexibility index (Phi) is 4.16. The Morgan fingerprint density at radius 1 is 0.931 bits per heavy atom. The number of carbonyl (C=O) groups is 2. The molecule has 2 aromatic carbocycles. The number of aromatic nitrogens is 3. The second-order valence-corrected chi connectivity index (χ2v) is 7.57. The lowest BCUT2D eigenvalue weighted by atomic mass is 9.93. The highest BCUT2D eigenvalue weighted by Gasteiger charge is 2.37. The van der Waals surface area contributed by atoms with Crippen LogP contribution < -0.4 is 10.2 Å². The minimum atomic E-state index is -0.246. The summed E-state index contributed by atoms with van der Waals surface area (Å²) in [7, 11) is 0. The zero-order valence-electron chi connectivity index (χ0n) is 16.1. The molecule has 2 aliphatic rings. The van der Waals surface area contributed by atoms with Crippen molar-refractivity contribution in [2.24, 2.45) is 0 Å². The number of hydrogen-bond acceptors (Lipinski definition) is 5. The van der Waals surface area contributed by atoms with Gasteiger partial charge in [0.05, 0.1) is 12.1 Å². The van der Waals surface area contributed by atoms with E-state index in [-0.39, 0.29) is 42.7 Å². The Balaban J connectivity index is 1.58. The Hall–Kier alpha value is -3.48. The van der Waals surface area contributed by atoms with Gasteiger partial charge in [0, 0.05) is 12.8 Å². The summed E-state index contributed by atoms with van der Waals surface area (Å²) >= 11 is 0. The summed E-state index contributed by atoms with van der Waals surface area (Å²) in [6, 6.07) is 18.6. The van der Waals surface area contributed by atoms with Crippen molar-refractivity contribution in [1.82, 2.24) is 14.8 Å². The van der Waals surface area contributed by atoms with E-state index in [0.29, 0.717) is 5.95 Å². The minimum Gasteiger partial charge on any atom is -0.347 e. The molecule has 0 saturated carbocycles. The molecule has 7 nitrogen and oxygen atoms in total. The van der Waals surface area contributed by atoms with E-state index in [2.05, 4.69) is 58.7 Å². The van der Waals surface area contributed by atoms with Crippen LogP contribution in [0.25, 0.3) is 0 Å². The van der Waals surface area contributed by atoms with E-state index in [1.807, 2.05) is 18.2 Å². The van der Waals surface area contributed by atoms with E-state index in [1.54, 1.807) is 4.68 Å². The Labute approximate surface area is 168 Å². The van der Waals surface area contributed by atoms with Crippen LogP contribution in [0.5, 0.6) is 0 Å². The van der Waals surface area contributed by atoms with Crippen LogP contribution in [-0.4, -0.2) is 26.6 Å². The predicted molar refractivity (Wildman–Crippen MR) is 108 cm³/mol. The molecule has 1 aromatic heterocycles. The first-order chi connectivity index (χ1) is 14.1. The highest BCUT2D eigenvalue weighted by molar-refractivity contribution is 6.18. The summed E-state index contributed by atoms with van der Waals surface area (Å²) in [5.41, 5.74) is 3.47. The molecule has 0 bridgehead atoms. The quantitative estimate of drug-likeness (QED) is 0.697. The third-order valence-corrected chi connectivity index (χ3v) is 5.59. The summed E-state index contributed by atoms with van der Waals surface area (Å²) in [4.78, 5) is 30.0. The number of imide groups is 1. The molecule has 3 aromatic rings. The van der Waals surface area contributed by atoms with Gasteiger partial charge < -0.3 is 5.32 Å². The van der Waals surface area contributed by atoms with Crippen molar-refractivity contribution >= 4 is 23.7 Å². The van der Waals surface area contributed by atoms with Crippen molar-refractivity contribution in [2.75, 3.05) is 10.2 Å². The van der Waals surface area contributed by atoms with E-state index in [0.717, 1.165) is 22.4 Å². The van der Waals surface area contributed by atoms with Gasteiger partial charge >= 0.3 is 0 Å². The SMILES string of the molecule is Cc1ccc(C2CC(c3ccccc3)Nc3nc(N4C(=O)CCC4=O)nn32)cc1. The number of rotatable bonds is 3. The van der Waals surface area contributed by atoms with Crippen molar-refractivity contribution in [3.8, 4) is 0 Å². The third kappa shape index (κ3) is 3.08. The average molecular weight is 387 g/mol. The van der Waals surface area contributed by atoms with Gasteiger partial charge in [0.1, 0.15) is 0 Å². The summed E-state index contributed by atoms with van der Waals surface area (Å²) in [5.74, 6) is 0.234. The van der Waals surface area contributed by atoms with Crippen molar-refractivity contribution in [2.45, 2.75) is 38.3 Å². The van der Waals surface area contributed by atoms with Gasteiger partial charge in [0.15, 0.2) is 0 Å². The first-order valence-electron chi connectivity index (χ1n) is 9.80. The number of amides is 2. The van der Waals surface area contributed by atoms with E-state index in [1.165, 1.54) is 5.56 Å². The number of nitrogens with one attached hydrogen (secondary N) is 1. The van der Waals surface area contributed by atoms with Crippen LogP contribution in [0.1, 0.15) is 48.0 Å². The number of nitrogens with zero attached hydrogens (tertiary/aromatic N) is 4. The molecule has 2 unspecified atom stereocenters. The van der Waals surface area contributed by atoms with Crippen LogP contribution in [0.15, 0.2) is 54.6 Å². The van der Waals surface area contributed by atoms with Crippen LogP contribution in [-0.2, 0) is 9.59 Å². The Morgan fingerprint density at radius 3 is 2.31 bits per heavy atom. The van der Waals surface area contributed by atoms with Crippen LogP contribution in [0.4, 0.5) is 11.9 Å². The molecule has 1 fully saturated rings. The molecule has 3 heterocycles. The minimum absolute atomic E-state index is 0.0499. The van der Waals surface area contributed by atoms with Gasteiger partial charge in [0.2, 0.25) is 17.8 Å². The third-order valence-electron chi connectivity index (χ3n) is 5.59. The normalized spacial score (nSPS) is 21.2. The number of carbonyl (C=O) groups excluding carboxylic acids is 2. The highest BCUT2D eigenvalue weighted by Crippen LogP contribution is 2.39. The summed E-state index contributed by atoms with van der Waals surface area (Å²) < 4.78 is 1.80. The van der Waals surface area contributed by atoms with E-state index in [9.17, 15) is 9.59 Å². The lowest BCUT2D eigenvalue weighted by molar-refractivity contribution is -0.121. The van der Waals surface area contributed by atoms with E-state index >= 15 is 0 Å². The maximum Gasteiger partial charge on any atom is 0.260 e. The topological polar surface area (TPSA) is 80.1 Å². The lowest BCUT2D eigenvalue weighted by Gasteiger charge is -2.31. The van der Waals surface area contributed by atoms with Crippen LogP contribution >= 0.6 is 0 Å². The molecule has 2 aliphatic heterocycles. The predicted octanol–water partition coefficient (Wildman–Crippen LogP) is 3.39. The molecule has 146 valence electrons. The second kappa shape index (κ2) is 6.84. The van der Waals surface area contributed by atoms with Gasteiger partial charge in [-0.3, -0.25) is 9.59 Å². The molecule has 2 amide bonds. The van der Waals surface area contributed by atoms with Gasteiger partial charge in [-0.05, 0) is 24.5 Å². The van der Waals surface area contributed by atoms with E-state index < -0.39 is 0 Å². The van der Waals surface area contributed by atoms with Gasteiger partial charge in [-0.1, -0.05) is 60.2 Å². The molecular weight excluding hydrogens is 366 g/mol. The zero-order chi connectivity index (χ0) is 20.0. The fourth-order valence-electron chi connectivity index (χ4n) is 4.03. The van der Waals surface area contributed by atoms with Crippen molar-refractivity contribution < 1.29 is 9.59 Å². The molecular formula is C22H21N5O2. The van der Waals surface area contributed by atoms with Crippen LogP contribution in [0.2, 0.25) is 0 Å². The lowest BCUT2D eigenvalue weighted by Crippen LogP contribution is -2.30. The summed E-state index contributed by atoms with van der Waals surface area (Å²) in [6.07, 6.45) is 1.21. The fourth-order valence-corrected chi connectivity index (χ4v) is 4.03. The second-order valence-electron chi connectivity index (χ2n) is 7.57. The van der Waals surface area contributed by atoms with Gasteiger partial charge in [0.25, 0.3) is 5.95 Å². The van der Waals surface area contributed by atoms with Crippen LogP contribution in [0.3, 0.4) is 0 Å². The van der Waals surface area contributed by atoms with Gasteiger partial charge in [-0.15, -0.1) is 5.10 Å². The molecule has 0 radical (unpaired) electrons. The van der Waals surface area contributed by atoms with Crippen molar-refractivity contribution in [3.63, 3.8) is 0 Å². The first kappa shape index (κ1) is 17.6. The molecule has 0 spiro atoms. The van der Waals surface area contributed by atoms with E-state index in [4.69, 9.17) is 0 Å². The fraction of sp³-hybridized carbons (Fsp3) is 0.273. The van der Waals surface area contributed by atoms with Crippen LogP contribution in [0, 0.1) is 6.92 Å². The number of anilines is 2. The Morgan fingerprint density at radius 2 is 1.62 bits per heavy atom. The molecule has 1 saturated heterocycles. The van der Waals surface area contributed by atoms with Crippen molar-refractivity contribution in [3.05, 3.63) is 71.3 Å². The summed E-state index contributed by atoms with van der Waals surface area (Å²) in [6.45, 7) is 2.06. The number of aryl methyl sites for hydroxylation is 1. The van der Waals surface area contributed by atoms with Gasteiger partial charge in [-0.25, -0.2) is 9.58 Å². The smallest absolute Gasteiger partial charge is 0.260 e. The zero-order valence-corrected chi connectivity index (χ0v) is 16.1. The molecule has 7 heteroatoms. The molecule has 5 rings (SSSR count). The maximum atomic E-state index is 12.2. The standard InChI is InChI=1S/C22H21N5O2/c1-14-7-9-16(10-8-14)18-13-17(15-5-3-2-4-6-15)23-21-24-22(25-27(18)21)26-19(28)11-12-20(26)29/h2-10,17-18H,11-13H2,1H3,(H,23,24,25). The molecule has 0 aliphatic carbocycles. The molecule has 1 N–H and O–H groups in total. The molecule has 29 heavy (non-hydrogen) atoms. The van der Waals surface area contributed by atoms with Crippen molar-refractivity contribution in [1.29, 1.82) is 0 Å². The van der Waals surface area contributed by atoms with Gasteiger partial charge in [-0.2, -0.15) is 4.98 Å². The monoisotopic (exact) mass is 387 g/mol. The first-order valence-corrected chi connectivity index (χ1v) is 9.80. The summed E-state index contributed by atoms with van der Waals surface area (Å²) in [5, 5.41) is 8.01. The Bertz CT molecular complexity index is 1060. The number of fused-ring (bicyclic) bond motifs is 1. The maximum absolute atomic E-state index is 12.2. The highest BCUT2D eigenvalue weighted by atomic mass is 16.2. The molecule has 2 atom stereocenters.